The van der Waals surface area contributed by atoms with E-state index in [-0.39, 0.29) is 24.3 Å². The van der Waals surface area contributed by atoms with E-state index in [1.807, 2.05) is 13.8 Å². The fourth-order valence-electron chi connectivity index (χ4n) is 2.20. The number of benzene rings is 1. The minimum absolute atomic E-state index is 0.0656. The highest BCUT2D eigenvalue weighted by atomic mass is 16.6. The molecule has 0 saturated heterocycles. The summed E-state index contributed by atoms with van der Waals surface area (Å²) in [6.07, 6.45) is 1.03. The molecule has 0 N–H and O–H groups in total. The van der Waals surface area contributed by atoms with Crippen molar-refractivity contribution in [2.24, 2.45) is 0 Å². The first-order valence-electron chi connectivity index (χ1n) is 10.1. The van der Waals surface area contributed by atoms with Crippen molar-refractivity contribution in [3.63, 3.8) is 0 Å². The summed E-state index contributed by atoms with van der Waals surface area (Å²) in [5.74, 6) is -2.83. The van der Waals surface area contributed by atoms with Crippen LogP contribution in [0.3, 0.4) is 0 Å². The van der Waals surface area contributed by atoms with Gasteiger partial charge in [0.2, 0.25) is 0 Å². The van der Waals surface area contributed by atoms with Crippen molar-refractivity contribution in [2.45, 2.75) is 65.6 Å². The Morgan fingerprint density at radius 2 is 1.17 bits per heavy atom. The van der Waals surface area contributed by atoms with Crippen molar-refractivity contribution < 1.29 is 38.1 Å². The van der Waals surface area contributed by atoms with Gasteiger partial charge in [-0.3, -0.25) is 0 Å². The lowest BCUT2D eigenvalue weighted by atomic mass is 10.1. The van der Waals surface area contributed by atoms with Crippen molar-refractivity contribution in [1.29, 1.82) is 0 Å². The Labute approximate surface area is 176 Å². The molecular formula is C22H30O8. The molecule has 0 bridgehead atoms. The van der Waals surface area contributed by atoms with Crippen molar-refractivity contribution in [3.8, 4) is 0 Å². The molecule has 0 aromatic heterocycles. The predicted octanol–water partition coefficient (Wildman–Crippen LogP) is 3.46. The van der Waals surface area contributed by atoms with Gasteiger partial charge in [0.1, 0.15) is 0 Å². The van der Waals surface area contributed by atoms with Crippen molar-refractivity contribution in [2.75, 3.05) is 13.2 Å². The molecule has 0 saturated carbocycles. The molecule has 8 heteroatoms. The molecule has 1 aromatic carbocycles. The van der Waals surface area contributed by atoms with Crippen LogP contribution in [0.4, 0.5) is 0 Å². The van der Waals surface area contributed by atoms with Gasteiger partial charge in [0.15, 0.2) is 12.2 Å². The standard InChI is InChI=1S/C22H30O8/c1-5-7-12-27-19(23)15(3)29-21(25)17-10-9-11-18(14-17)22(26)30-16(4)20(24)28-13-8-6-2/h9-11,14-16H,5-8,12-13H2,1-4H3. The molecule has 30 heavy (non-hydrogen) atoms. The largest absolute Gasteiger partial charge is 0.463 e. The number of unbranched alkanes of at least 4 members (excludes halogenated alkanes) is 2. The maximum atomic E-state index is 12.3. The molecule has 2 atom stereocenters. The van der Waals surface area contributed by atoms with Gasteiger partial charge in [0, 0.05) is 0 Å². The fourth-order valence-corrected chi connectivity index (χ4v) is 2.20. The second-order valence-corrected chi connectivity index (χ2v) is 6.72. The summed E-state index contributed by atoms with van der Waals surface area (Å²) in [6.45, 7) is 7.28. The maximum Gasteiger partial charge on any atom is 0.347 e. The Morgan fingerprint density at radius 3 is 1.53 bits per heavy atom. The Balaban J connectivity index is 2.66. The highest BCUT2D eigenvalue weighted by Crippen LogP contribution is 2.12. The van der Waals surface area contributed by atoms with Gasteiger partial charge < -0.3 is 18.9 Å². The van der Waals surface area contributed by atoms with E-state index in [9.17, 15) is 19.2 Å². The van der Waals surface area contributed by atoms with E-state index in [4.69, 9.17) is 18.9 Å². The van der Waals surface area contributed by atoms with Crippen LogP contribution in [0.25, 0.3) is 0 Å². The maximum absolute atomic E-state index is 12.3. The molecule has 0 fully saturated rings. The van der Waals surface area contributed by atoms with Crippen LogP contribution in [0.15, 0.2) is 24.3 Å². The number of carbonyl (C=O) groups is 4. The number of hydrogen-bond acceptors (Lipinski definition) is 8. The van der Waals surface area contributed by atoms with E-state index in [0.717, 1.165) is 25.7 Å². The van der Waals surface area contributed by atoms with Gasteiger partial charge in [0.05, 0.1) is 24.3 Å². The van der Waals surface area contributed by atoms with E-state index in [1.165, 1.54) is 38.1 Å². The van der Waals surface area contributed by atoms with Crippen LogP contribution < -0.4 is 0 Å². The summed E-state index contributed by atoms with van der Waals surface area (Å²) in [5.41, 5.74) is 0.131. The van der Waals surface area contributed by atoms with Gasteiger partial charge in [-0.2, -0.15) is 0 Å². The van der Waals surface area contributed by atoms with E-state index >= 15 is 0 Å². The number of hydrogen-bond donors (Lipinski definition) is 0. The van der Waals surface area contributed by atoms with Crippen LogP contribution in [0, 0.1) is 0 Å². The SMILES string of the molecule is CCCCOC(=O)C(C)OC(=O)c1cccc(C(=O)OC(C)C(=O)OCCCC)c1. The summed E-state index contributed by atoms with van der Waals surface area (Å²) in [4.78, 5) is 48.2. The van der Waals surface area contributed by atoms with Gasteiger partial charge in [-0.05, 0) is 44.9 Å². The number of esters is 4. The van der Waals surface area contributed by atoms with Crippen molar-refractivity contribution in [3.05, 3.63) is 35.4 Å². The van der Waals surface area contributed by atoms with Crippen molar-refractivity contribution >= 4 is 23.9 Å². The zero-order chi connectivity index (χ0) is 22.5. The Morgan fingerprint density at radius 1 is 0.767 bits per heavy atom. The van der Waals surface area contributed by atoms with Crippen LogP contribution in [-0.2, 0) is 28.5 Å². The summed E-state index contributed by atoms with van der Waals surface area (Å²) >= 11 is 0. The molecule has 0 aliphatic heterocycles. The first kappa shape index (κ1) is 25.1. The zero-order valence-electron chi connectivity index (χ0n) is 18.0. The zero-order valence-corrected chi connectivity index (χ0v) is 18.0. The van der Waals surface area contributed by atoms with E-state index < -0.39 is 36.1 Å². The lowest BCUT2D eigenvalue weighted by Gasteiger charge is -2.14. The van der Waals surface area contributed by atoms with E-state index in [1.54, 1.807) is 0 Å². The molecule has 0 spiro atoms. The highest BCUT2D eigenvalue weighted by molar-refractivity contribution is 5.96. The predicted molar refractivity (Wildman–Crippen MR) is 108 cm³/mol. The van der Waals surface area contributed by atoms with Crippen LogP contribution in [0.5, 0.6) is 0 Å². The molecule has 1 aromatic rings. The highest BCUT2D eigenvalue weighted by Gasteiger charge is 2.23. The fraction of sp³-hybridized carbons (Fsp3) is 0.545. The molecule has 1 rings (SSSR count). The number of ether oxygens (including phenoxy) is 4. The third kappa shape index (κ3) is 8.63. The number of carbonyl (C=O) groups excluding carboxylic acids is 4. The average molecular weight is 422 g/mol. The van der Waals surface area contributed by atoms with E-state index in [0.29, 0.717) is 0 Å². The molecular weight excluding hydrogens is 392 g/mol. The van der Waals surface area contributed by atoms with Gasteiger partial charge in [-0.1, -0.05) is 32.8 Å². The third-order valence-electron chi connectivity index (χ3n) is 4.05. The van der Waals surface area contributed by atoms with Crippen LogP contribution >= 0.6 is 0 Å². The third-order valence-corrected chi connectivity index (χ3v) is 4.05. The molecule has 0 radical (unpaired) electrons. The Bertz CT molecular complexity index is 670. The minimum atomic E-state index is -1.08. The molecule has 0 aliphatic carbocycles. The summed E-state index contributed by atoms with van der Waals surface area (Å²) in [6, 6.07) is 5.63. The lowest BCUT2D eigenvalue weighted by molar-refractivity contribution is -0.153. The minimum Gasteiger partial charge on any atom is -0.463 e. The van der Waals surface area contributed by atoms with Crippen LogP contribution in [0.2, 0.25) is 0 Å². The monoisotopic (exact) mass is 422 g/mol. The van der Waals surface area contributed by atoms with Gasteiger partial charge >= 0.3 is 23.9 Å². The van der Waals surface area contributed by atoms with Crippen LogP contribution in [0.1, 0.15) is 74.1 Å². The Hall–Kier alpha value is -2.90. The molecule has 0 heterocycles. The first-order chi connectivity index (χ1) is 14.3. The van der Waals surface area contributed by atoms with Gasteiger partial charge in [0.25, 0.3) is 0 Å². The quantitative estimate of drug-likeness (QED) is 0.286. The van der Waals surface area contributed by atoms with Crippen LogP contribution in [-0.4, -0.2) is 49.3 Å². The molecule has 0 aliphatic rings. The van der Waals surface area contributed by atoms with Crippen molar-refractivity contribution in [1.82, 2.24) is 0 Å². The van der Waals surface area contributed by atoms with Gasteiger partial charge in [-0.25, -0.2) is 19.2 Å². The summed E-state index contributed by atoms with van der Waals surface area (Å²) < 4.78 is 20.2. The molecule has 8 nitrogen and oxygen atoms in total. The second-order valence-electron chi connectivity index (χ2n) is 6.72. The second kappa shape index (κ2) is 13.3. The smallest absolute Gasteiger partial charge is 0.347 e. The normalized spacial score (nSPS) is 12.4. The topological polar surface area (TPSA) is 105 Å². The molecule has 2 unspecified atom stereocenters. The van der Waals surface area contributed by atoms with Gasteiger partial charge in [-0.15, -0.1) is 0 Å². The average Bonchev–Trinajstić information content (AvgIpc) is 2.73. The summed E-state index contributed by atoms with van der Waals surface area (Å²) in [7, 11) is 0. The van der Waals surface area contributed by atoms with E-state index in [2.05, 4.69) is 0 Å². The number of rotatable bonds is 12. The molecule has 0 amide bonds. The molecule has 166 valence electrons. The summed E-state index contributed by atoms with van der Waals surface area (Å²) in [5, 5.41) is 0. The Kier molecular flexibility index (Phi) is 11.2. The lowest BCUT2D eigenvalue weighted by Crippen LogP contribution is -2.27. The first-order valence-corrected chi connectivity index (χ1v) is 10.1.